The van der Waals surface area contributed by atoms with Gasteiger partial charge in [0.15, 0.2) is 0 Å². The molecule has 0 spiro atoms. The van der Waals surface area contributed by atoms with E-state index in [9.17, 15) is 4.79 Å². The van der Waals surface area contributed by atoms with Gasteiger partial charge in [-0.1, -0.05) is 0 Å². The smallest absolute Gasteiger partial charge is 0.253 e. The van der Waals surface area contributed by atoms with Crippen LogP contribution >= 0.6 is 0 Å². The number of carbonyl (C=O) groups excluding carboxylic acids is 1. The molecular weight excluding hydrogens is 240 g/mol. The van der Waals surface area contributed by atoms with Gasteiger partial charge in [-0.15, -0.1) is 0 Å². The van der Waals surface area contributed by atoms with Gasteiger partial charge in [0.1, 0.15) is 0 Å². The lowest BCUT2D eigenvalue weighted by molar-refractivity contribution is 0.0753. The zero-order chi connectivity index (χ0) is 13.8. The average Bonchev–Trinajstić information content (AvgIpc) is 2.90. The van der Waals surface area contributed by atoms with Crippen molar-refractivity contribution in [1.82, 2.24) is 14.9 Å². The number of fused-ring (bicyclic) bond motifs is 1. The number of carbonyl (C=O) groups is 1. The molecular formula is C14H16N4O. The predicted octanol–water partition coefficient (Wildman–Crippen LogP) is 2.18. The molecule has 5 nitrogen and oxygen atoms in total. The van der Waals surface area contributed by atoms with Crippen molar-refractivity contribution in [3.05, 3.63) is 30.1 Å². The minimum absolute atomic E-state index is 0.0545. The molecule has 0 aliphatic carbocycles. The molecule has 0 aliphatic rings. The first-order valence-electron chi connectivity index (χ1n) is 6.27. The van der Waals surface area contributed by atoms with Gasteiger partial charge in [0.25, 0.3) is 5.91 Å². The summed E-state index contributed by atoms with van der Waals surface area (Å²) in [4.78, 5) is 21.2. The second-order valence-electron chi connectivity index (χ2n) is 4.51. The number of hydrogen-bond donors (Lipinski definition) is 1. The molecule has 0 fully saturated rings. The highest BCUT2D eigenvalue weighted by Gasteiger charge is 2.17. The van der Waals surface area contributed by atoms with Crippen LogP contribution in [0.4, 0.5) is 0 Å². The number of H-pyrrole nitrogens is 1. The molecule has 0 radical (unpaired) electrons. The highest BCUT2D eigenvalue weighted by Crippen LogP contribution is 2.14. The first-order chi connectivity index (χ1) is 9.15. The lowest BCUT2D eigenvalue weighted by atomic mass is 10.1. The normalized spacial score (nSPS) is 12.1. The number of aromatic amines is 1. The summed E-state index contributed by atoms with van der Waals surface area (Å²) in [7, 11) is 0. The van der Waals surface area contributed by atoms with Crippen molar-refractivity contribution >= 4 is 16.9 Å². The van der Waals surface area contributed by atoms with E-state index >= 15 is 0 Å². The van der Waals surface area contributed by atoms with Gasteiger partial charge < -0.3 is 9.88 Å². The van der Waals surface area contributed by atoms with Gasteiger partial charge in [-0.05, 0) is 32.0 Å². The summed E-state index contributed by atoms with van der Waals surface area (Å²) in [6.45, 7) is 4.77. The Labute approximate surface area is 111 Å². The topological polar surface area (TPSA) is 72.8 Å². The van der Waals surface area contributed by atoms with Crippen LogP contribution in [0.2, 0.25) is 0 Å². The quantitative estimate of drug-likeness (QED) is 0.911. The Morgan fingerprint density at radius 2 is 2.37 bits per heavy atom. The highest BCUT2D eigenvalue weighted by atomic mass is 16.2. The minimum Gasteiger partial charge on any atom is -0.345 e. The van der Waals surface area contributed by atoms with E-state index in [0.29, 0.717) is 18.7 Å². The van der Waals surface area contributed by atoms with Crippen LogP contribution in [0, 0.1) is 17.2 Å². The summed E-state index contributed by atoms with van der Waals surface area (Å²) < 4.78 is 0. The molecule has 2 rings (SSSR count). The van der Waals surface area contributed by atoms with E-state index in [2.05, 4.69) is 16.0 Å². The first-order valence-corrected chi connectivity index (χ1v) is 6.27. The maximum Gasteiger partial charge on any atom is 0.253 e. The van der Waals surface area contributed by atoms with E-state index in [0.717, 1.165) is 11.0 Å². The lowest BCUT2D eigenvalue weighted by Crippen LogP contribution is -2.34. The predicted molar refractivity (Wildman–Crippen MR) is 72.4 cm³/mol. The first kappa shape index (κ1) is 13.1. The fourth-order valence-electron chi connectivity index (χ4n) is 1.98. The second kappa shape index (κ2) is 5.53. The van der Waals surface area contributed by atoms with E-state index in [1.165, 1.54) is 0 Å². The molecule has 1 atom stereocenters. The molecule has 0 saturated carbocycles. The maximum atomic E-state index is 12.4. The monoisotopic (exact) mass is 256 g/mol. The van der Waals surface area contributed by atoms with Gasteiger partial charge in [0.05, 0.1) is 29.3 Å². The fraction of sp³-hybridized carbons (Fsp3) is 0.357. The number of nitrogens with zero attached hydrogens (tertiary/aromatic N) is 3. The molecule has 5 heteroatoms. The third-order valence-electron chi connectivity index (χ3n) is 3.05. The van der Waals surface area contributed by atoms with Gasteiger partial charge in [0, 0.05) is 18.7 Å². The van der Waals surface area contributed by atoms with E-state index in [1.54, 1.807) is 23.4 Å². The van der Waals surface area contributed by atoms with Gasteiger partial charge in [0.2, 0.25) is 0 Å². The van der Waals surface area contributed by atoms with Gasteiger partial charge >= 0.3 is 0 Å². The van der Waals surface area contributed by atoms with Crippen LogP contribution in [0.5, 0.6) is 0 Å². The Balaban J connectivity index is 2.23. The van der Waals surface area contributed by atoms with Crippen LogP contribution in [-0.2, 0) is 0 Å². The van der Waals surface area contributed by atoms with Crippen molar-refractivity contribution in [1.29, 1.82) is 5.26 Å². The lowest BCUT2D eigenvalue weighted by Gasteiger charge is -2.22. The molecule has 0 saturated heterocycles. The molecule has 98 valence electrons. The van der Waals surface area contributed by atoms with Crippen molar-refractivity contribution in [2.45, 2.75) is 13.8 Å². The standard InChI is InChI=1S/C14H16N4O/c1-3-18(8-10(2)7-15)14(19)11-4-5-12-13(6-11)17-9-16-12/h4-6,9-10H,3,8H2,1-2H3,(H,16,17). The van der Waals surface area contributed by atoms with Crippen LogP contribution in [0.25, 0.3) is 11.0 Å². The Hall–Kier alpha value is -2.35. The number of rotatable bonds is 4. The average molecular weight is 256 g/mol. The summed E-state index contributed by atoms with van der Waals surface area (Å²) in [5, 5.41) is 8.84. The molecule has 1 N–H and O–H groups in total. The van der Waals surface area contributed by atoms with Gasteiger partial charge in [-0.2, -0.15) is 5.26 Å². The van der Waals surface area contributed by atoms with Gasteiger partial charge in [-0.25, -0.2) is 4.98 Å². The summed E-state index contributed by atoms with van der Waals surface area (Å²) in [6.07, 6.45) is 1.61. The molecule has 0 bridgehead atoms. The summed E-state index contributed by atoms with van der Waals surface area (Å²) in [6, 6.07) is 7.54. The van der Waals surface area contributed by atoms with Crippen molar-refractivity contribution in [2.75, 3.05) is 13.1 Å². The molecule has 1 amide bonds. The SMILES string of the molecule is CCN(CC(C)C#N)C(=O)c1ccc2nc[nH]c2c1. The molecule has 2 aromatic rings. The minimum atomic E-state index is -0.167. The highest BCUT2D eigenvalue weighted by molar-refractivity contribution is 5.97. The number of aromatic nitrogens is 2. The van der Waals surface area contributed by atoms with E-state index in [1.807, 2.05) is 19.9 Å². The van der Waals surface area contributed by atoms with Crippen molar-refractivity contribution < 1.29 is 4.79 Å². The molecule has 1 unspecified atom stereocenters. The van der Waals surface area contributed by atoms with Crippen LogP contribution in [0.3, 0.4) is 0 Å². The molecule has 0 aliphatic heterocycles. The van der Waals surface area contributed by atoms with Crippen molar-refractivity contribution in [3.63, 3.8) is 0 Å². The largest absolute Gasteiger partial charge is 0.345 e. The Morgan fingerprint density at radius 1 is 1.58 bits per heavy atom. The van der Waals surface area contributed by atoms with Crippen LogP contribution in [0.1, 0.15) is 24.2 Å². The van der Waals surface area contributed by atoms with E-state index in [4.69, 9.17) is 5.26 Å². The number of hydrogen-bond acceptors (Lipinski definition) is 3. The summed E-state index contributed by atoms with van der Waals surface area (Å²) >= 11 is 0. The number of nitrogens with one attached hydrogen (secondary N) is 1. The zero-order valence-corrected chi connectivity index (χ0v) is 11.1. The van der Waals surface area contributed by atoms with E-state index < -0.39 is 0 Å². The molecule has 19 heavy (non-hydrogen) atoms. The number of amides is 1. The van der Waals surface area contributed by atoms with Gasteiger partial charge in [-0.3, -0.25) is 4.79 Å². The Morgan fingerprint density at radius 3 is 3.05 bits per heavy atom. The Bertz CT molecular complexity index is 626. The van der Waals surface area contributed by atoms with Crippen LogP contribution < -0.4 is 0 Å². The fourth-order valence-corrected chi connectivity index (χ4v) is 1.98. The summed E-state index contributed by atoms with van der Waals surface area (Å²) in [5.74, 6) is -0.221. The zero-order valence-electron chi connectivity index (χ0n) is 11.1. The second-order valence-corrected chi connectivity index (χ2v) is 4.51. The van der Waals surface area contributed by atoms with Crippen LogP contribution in [-0.4, -0.2) is 33.9 Å². The molecule has 1 aromatic heterocycles. The van der Waals surface area contributed by atoms with Crippen molar-refractivity contribution in [2.24, 2.45) is 5.92 Å². The van der Waals surface area contributed by atoms with E-state index in [-0.39, 0.29) is 11.8 Å². The third kappa shape index (κ3) is 2.74. The van der Waals surface area contributed by atoms with Crippen LogP contribution in [0.15, 0.2) is 24.5 Å². The number of imidazole rings is 1. The molecule has 1 heterocycles. The number of nitriles is 1. The number of benzene rings is 1. The van der Waals surface area contributed by atoms with Crippen molar-refractivity contribution in [3.8, 4) is 6.07 Å². The maximum absolute atomic E-state index is 12.4. The third-order valence-corrected chi connectivity index (χ3v) is 3.05. The molecule has 1 aromatic carbocycles. The summed E-state index contributed by atoms with van der Waals surface area (Å²) in [5.41, 5.74) is 2.30. The Kier molecular flexibility index (Phi) is 3.81.